The average molecular weight is 639 g/mol. The quantitative estimate of drug-likeness (QED) is 0.0662. The second kappa shape index (κ2) is 18.9. The number of thiophene rings is 2. The summed E-state index contributed by atoms with van der Waals surface area (Å²) in [6, 6.07) is 23.8. The molecule has 0 aliphatic heterocycles. The van der Waals surface area contributed by atoms with Gasteiger partial charge in [-0.15, -0.1) is 22.7 Å². The van der Waals surface area contributed by atoms with Gasteiger partial charge in [0.1, 0.15) is 0 Å². The highest BCUT2D eigenvalue weighted by Gasteiger charge is 2.13. The van der Waals surface area contributed by atoms with Crippen LogP contribution in [0.3, 0.4) is 0 Å². The topological polar surface area (TPSA) is 0 Å². The van der Waals surface area contributed by atoms with Gasteiger partial charge >= 0.3 is 0 Å². The van der Waals surface area contributed by atoms with Gasteiger partial charge in [0, 0.05) is 20.2 Å². The minimum Gasteiger partial charge on any atom is -0.134 e. The van der Waals surface area contributed by atoms with E-state index in [-0.39, 0.29) is 0 Å². The Morgan fingerprint density at radius 3 is 1.31 bits per heavy atom. The zero-order chi connectivity index (χ0) is 31.1. The molecule has 2 aromatic heterocycles. The van der Waals surface area contributed by atoms with E-state index in [1.165, 1.54) is 187 Å². The van der Waals surface area contributed by atoms with Crippen molar-refractivity contribution in [2.75, 3.05) is 0 Å². The molecule has 2 heterocycles. The van der Waals surface area contributed by atoms with Gasteiger partial charge in [0.25, 0.3) is 0 Å². The van der Waals surface area contributed by atoms with Crippen molar-refractivity contribution in [1.29, 1.82) is 0 Å². The van der Waals surface area contributed by atoms with Crippen LogP contribution in [0.15, 0.2) is 60.7 Å². The first kappa shape index (κ1) is 34.2. The van der Waals surface area contributed by atoms with Crippen LogP contribution in [0, 0.1) is 0 Å². The van der Waals surface area contributed by atoms with Crippen molar-refractivity contribution in [2.24, 2.45) is 0 Å². The average Bonchev–Trinajstić information content (AvgIpc) is 3.60. The molecule has 0 saturated carbocycles. The summed E-state index contributed by atoms with van der Waals surface area (Å²) in [6.07, 6.45) is 29.1. The molecule has 5 aromatic rings. The van der Waals surface area contributed by atoms with Crippen molar-refractivity contribution in [3.63, 3.8) is 0 Å². The fraction of sp³-hybridized carbons (Fsp3) is 0.535. The minimum absolute atomic E-state index is 1.21. The molecule has 0 bridgehead atoms. The summed E-state index contributed by atoms with van der Waals surface area (Å²) in [5.74, 6) is 0. The van der Waals surface area contributed by atoms with E-state index in [1.807, 2.05) is 22.7 Å². The van der Waals surface area contributed by atoms with Crippen molar-refractivity contribution in [3.8, 4) is 11.1 Å². The van der Waals surface area contributed by atoms with E-state index < -0.39 is 0 Å². The summed E-state index contributed by atoms with van der Waals surface area (Å²) in [4.78, 5) is 0. The Balaban J connectivity index is 1.08. The van der Waals surface area contributed by atoms with E-state index in [4.69, 9.17) is 0 Å². The zero-order valence-electron chi connectivity index (χ0n) is 28.4. The monoisotopic (exact) mass is 638 g/mol. The van der Waals surface area contributed by atoms with Crippen molar-refractivity contribution < 1.29 is 0 Å². The lowest BCUT2D eigenvalue weighted by molar-refractivity contribution is 0.539. The van der Waals surface area contributed by atoms with Crippen LogP contribution in [0.1, 0.15) is 147 Å². The summed E-state index contributed by atoms with van der Waals surface area (Å²) in [5, 5.41) is 2.88. The van der Waals surface area contributed by atoms with Gasteiger partial charge in [0.2, 0.25) is 0 Å². The van der Waals surface area contributed by atoms with Crippen LogP contribution in [0.2, 0.25) is 0 Å². The molecule has 0 fully saturated rings. The van der Waals surface area contributed by atoms with Crippen LogP contribution < -0.4 is 0 Å². The van der Waals surface area contributed by atoms with Gasteiger partial charge in [0.05, 0.1) is 9.40 Å². The number of aryl methyl sites for hydroxylation is 2. The van der Waals surface area contributed by atoms with E-state index in [2.05, 4.69) is 74.5 Å². The Morgan fingerprint density at radius 1 is 0.378 bits per heavy atom. The number of unbranched alkanes of at least 4 members (excludes halogenated alkanes) is 17. The Bertz CT molecular complexity index is 1550. The lowest BCUT2D eigenvalue weighted by Gasteiger charge is -2.06. The molecule has 0 aliphatic rings. The van der Waals surface area contributed by atoms with E-state index in [9.17, 15) is 0 Å². The molecule has 2 heteroatoms. The summed E-state index contributed by atoms with van der Waals surface area (Å²) in [5.41, 5.74) is 5.67. The van der Waals surface area contributed by atoms with Crippen molar-refractivity contribution in [3.05, 3.63) is 71.8 Å². The third-order valence-corrected chi connectivity index (χ3v) is 12.3. The number of rotatable bonds is 22. The highest BCUT2D eigenvalue weighted by molar-refractivity contribution is 7.36. The smallest absolute Gasteiger partial charge is 0.0542 e. The van der Waals surface area contributed by atoms with Crippen molar-refractivity contribution >= 4 is 52.2 Å². The van der Waals surface area contributed by atoms with Crippen LogP contribution >= 0.6 is 22.7 Å². The van der Waals surface area contributed by atoms with E-state index in [0.29, 0.717) is 0 Å². The third-order valence-electron chi connectivity index (χ3n) is 9.82. The molecule has 0 nitrogen and oxygen atoms in total. The Morgan fingerprint density at radius 2 is 0.778 bits per heavy atom. The van der Waals surface area contributed by atoms with Crippen molar-refractivity contribution in [2.45, 2.75) is 149 Å². The van der Waals surface area contributed by atoms with Gasteiger partial charge in [-0.05, 0) is 60.1 Å². The number of benzene rings is 3. The maximum absolute atomic E-state index is 2.49. The zero-order valence-corrected chi connectivity index (χ0v) is 30.1. The molecule has 0 spiro atoms. The third kappa shape index (κ3) is 10.2. The van der Waals surface area contributed by atoms with Gasteiger partial charge in [-0.3, -0.25) is 0 Å². The van der Waals surface area contributed by atoms with Crippen LogP contribution in [0.5, 0.6) is 0 Å². The highest BCUT2D eigenvalue weighted by Crippen LogP contribution is 2.45. The fourth-order valence-electron chi connectivity index (χ4n) is 6.96. The molecule has 0 radical (unpaired) electrons. The molecule has 0 saturated heterocycles. The second-order valence-electron chi connectivity index (χ2n) is 13.6. The van der Waals surface area contributed by atoms with Crippen LogP contribution in [0.4, 0.5) is 0 Å². The van der Waals surface area contributed by atoms with E-state index in [1.54, 1.807) is 0 Å². The Hall–Kier alpha value is -2.16. The Kier molecular flexibility index (Phi) is 14.3. The summed E-state index contributed by atoms with van der Waals surface area (Å²) in [6.45, 7) is 4.59. The van der Waals surface area contributed by atoms with Crippen molar-refractivity contribution in [1.82, 2.24) is 0 Å². The molecule has 5 rings (SSSR count). The molecule has 0 unspecified atom stereocenters. The van der Waals surface area contributed by atoms with Gasteiger partial charge in [-0.2, -0.15) is 0 Å². The first-order chi connectivity index (χ1) is 22.3. The first-order valence-corrected chi connectivity index (χ1v) is 20.4. The number of fused-ring (bicyclic) bond motifs is 5. The summed E-state index contributed by atoms with van der Waals surface area (Å²) >= 11 is 3.98. The molecular weight excluding hydrogens is 581 g/mol. The molecule has 0 amide bonds. The second-order valence-corrected chi connectivity index (χ2v) is 15.7. The molecule has 0 aliphatic carbocycles. The van der Waals surface area contributed by atoms with Crippen LogP contribution in [-0.2, 0) is 12.8 Å². The fourth-order valence-corrected chi connectivity index (χ4v) is 9.71. The summed E-state index contributed by atoms with van der Waals surface area (Å²) < 4.78 is 5.84. The molecule has 0 atom stereocenters. The maximum atomic E-state index is 2.49. The predicted molar refractivity (Wildman–Crippen MR) is 207 cm³/mol. The molecule has 45 heavy (non-hydrogen) atoms. The predicted octanol–water partition coefficient (Wildman–Crippen LogP) is 15.5. The van der Waals surface area contributed by atoms with Gasteiger partial charge in [-0.25, -0.2) is 0 Å². The van der Waals surface area contributed by atoms with Gasteiger partial charge < -0.3 is 0 Å². The minimum atomic E-state index is 1.21. The largest absolute Gasteiger partial charge is 0.134 e. The van der Waals surface area contributed by atoms with Crippen LogP contribution in [-0.4, -0.2) is 0 Å². The lowest BCUT2D eigenvalue weighted by Crippen LogP contribution is -1.87. The van der Waals surface area contributed by atoms with Gasteiger partial charge in [0.15, 0.2) is 0 Å². The maximum Gasteiger partial charge on any atom is 0.0542 e. The van der Waals surface area contributed by atoms with E-state index in [0.717, 1.165) is 0 Å². The SMILES string of the molecule is CCCCCCCCCCCCCCCc1ccc2c(c1)sc1c3ccc(-c4ccc(CCCCCCCC)cc4)cc3sc21. The number of hydrogen-bond donors (Lipinski definition) is 0. The molecule has 242 valence electrons. The number of hydrogen-bond acceptors (Lipinski definition) is 2. The molecule has 0 N–H and O–H groups in total. The molecule has 3 aromatic carbocycles. The normalized spacial score (nSPS) is 11.9. The Labute approximate surface area is 282 Å². The van der Waals surface area contributed by atoms with E-state index >= 15 is 0 Å². The standard InChI is InChI=1S/C43H58S2/c1-3-5-7-9-11-12-13-14-15-16-17-19-21-23-35-26-30-38-40(32-35)44-43-39-31-29-37(33-41(39)45-42(38)43)36-27-24-34(25-28-36)22-20-18-10-8-6-4-2/h24-33H,3-23H2,1-2H3. The first-order valence-electron chi connectivity index (χ1n) is 18.7. The highest BCUT2D eigenvalue weighted by atomic mass is 32.1. The lowest BCUT2D eigenvalue weighted by atomic mass is 10.0. The van der Waals surface area contributed by atoms with Gasteiger partial charge in [-0.1, -0.05) is 172 Å². The summed E-state index contributed by atoms with van der Waals surface area (Å²) in [7, 11) is 0. The molecular formula is C43H58S2. The van der Waals surface area contributed by atoms with Crippen LogP contribution in [0.25, 0.3) is 40.7 Å².